The van der Waals surface area contributed by atoms with E-state index in [4.69, 9.17) is 13.8 Å². The van der Waals surface area contributed by atoms with Crippen molar-refractivity contribution >= 4 is 19.7 Å². The SMILES string of the molecule is CC/C=C\C/C=C\C/C=C\C/C=C\C/C=C\C/C=C\CCCCCCCCCCC(=O)NC(COP(=O)(O)OCC[N+](C)(C)C)C(/C=C/CCCCCCCCCCCCC)OC(=O)CCCCCCC/C=C\CCCC. The maximum absolute atomic E-state index is 13.5. The Labute approximate surface area is 475 Å². The van der Waals surface area contributed by atoms with E-state index in [0.717, 1.165) is 135 Å². The highest BCUT2D eigenvalue weighted by Crippen LogP contribution is 2.43. The molecule has 0 bridgehead atoms. The summed E-state index contributed by atoms with van der Waals surface area (Å²) >= 11 is 0. The van der Waals surface area contributed by atoms with Gasteiger partial charge in [0.2, 0.25) is 5.91 Å². The van der Waals surface area contributed by atoms with Crippen LogP contribution in [-0.4, -0.2) is 74.3 Å². The van der Waals surface area contributed by atoms with Gasteiger partial charge in [-0.15, -0.1) is 0 Å². The number of rotatable bonds is 56. The lowest BCUT2D eigenvalue weighted by Gasteiger charge is -2.27. The van der Waals surface area contributed by atoms with Gasteiger partial charge >= 0.3 is 13.8 Å². The van der Waals surface area contributed by atoms with Gasteiger partial charge in [0.25, 0.3) is 0 Å². The van der Waals surface area contributed by atoms with E-state index >= 15 is 0 Å². The molecule has 9 nitrogen and oxygen atoms in total. The minimum atomic E-state index is -4.46. The van der Waals surface area contributed by atoms with Gasteiger partial charge in [0.15, 0.2) is 0 Å². The molecule has 0 rings (SSSR count). The first-order valence-corrected chi connectivity index (χ1v) is 33.1. The highest BCUT2D eigenvalue weighted by molar-refractivity contribution is 7.47. The number of likely N-dealkylation sites (N-methyl/N-ethyl adjacent to an activating group) is 1. The van der Waals surface area contributed by atoms with Crippen molar-refractivity contribution in [3.63, 3.8) is 0 Å². The fourth-order valence-electron chi connectivity index (χ4n) is 8.63. The number of phosphoric ester groups is 1. The van der Waals surface area contributed by atoms with Crippen LogP contribution >= 0.6 is 7.82 Å². The van der Waals surface area contributed by atoms with Crippen molar-refractivity contribution in [3.8, 4) is 0 Å². The first kappa shape index (κ1) is 73.9. The van der Waals surface area contributed by atoms with Gasteiger partial charge in [0.05, 0.1) is 33.8 Å². The first-order valence-electron chi connectivity index (χ1n) is 31.6. The number of hydrogen-bond donors (Lipinski definition) is 2. The molecule has 0 saturated heterocycles. The number of hydrogen-bond acceptors (Lipinski definition) is 6. The fraction of sp³-hybridized carbons (Fsp3) is 0.731. The van der Waals surface area contributed by atoms with Crippen molar-refractivity contribution in [3.05, 3.63) is 97.2 Å². The van der Waals surface area contributed by atoms with Gasteiger partial charge in [0, 0.05) is 12.8 Å². The molecule has 444 valence electrons. The standard InChI is InChI=1S/C67H119N2O7P/c1-7-10-13-16-19-22-25-27-28-29-30-31-32-33-34-35-36-37-38-39-40-42-45-47-50-53-56-59-66(70)68-64(63-75-77(72,73)74-62-61-69(4,5)6)65(58-55-52-49-46-44-41-26-23-20-17-14-11-8-2)76-67(71)60-57-54-51-48-43-24-21-18-15-12-9-3/h10,13,18-19,21-22,27-28,30-31,33-34,36-37,55,58,64-65H,7-9,11-12,14-17,20,23-26,29,32,35,38-54,56-57,59-63H2,1-6H3,(H-,68,70,72,73)/p+1/b13-10-,21-18-,22-19-,28-27-,31-30-,34-33-,37-36-,58-55+. The number of phosphoric acid groups is 1. The molecule has 3 unspecified atom stereocenters. The van der Waals surface area contributed by atoms with Gasteiger partial charge < -0.3 is 19.4 Å². The van der Waals surface area contributed by atoms with Crippen LogP contribution in [0.1, 0.15) is 265 Å². The molecule has 0 aliphatic heterocycles. The third-order valence-electron chi connectivity index (χ3n) is 13.5. The lowest BCUT2D eigenvalue weighted by Crippen LogP contribution is -2.47. The summed E-state index contributed by atoms with van der Waals surface area (Å²) in [7, 11) is 1.48. The average Bonchev–Trinajstić information content (AvgIpc) is 3.39. The van der Waals surface area contributed by atoms with Gasteiger partial charge in [-0.1, -0.05) is 247 Å². The topological polar surface area (TPSA) is 111 Å². The molecule has 0 spiro atoms. The van der Waals surface area contributed by atoms with Crippen molar-refractivity contribution < 1.29 is 37.3 Å². The molecule has 0 saturated carbocycles. The van der Waals surface area contributed by atoms with E-state index in [1.165, 1.54) is 96.3 Å². The zero-order valence-electron chi connectivity index (χ0n) is 50.7. The number of unbranched alkanes of at least 4 members (excludes halogenated alkanes) is 26. The summed E-state index contributed by atoms with van der Waals surface area (Å²) < 4.78 is 30.7. The molecule has 10 heteroatoms. The molecule has 0 aliphatic carbocycles. The quantitative estimate of drug-likeness (QED) is 0.0205. The molecule has 2 N–H and O–H groups in total. The second-order valence-corrected chi connectivity index (χ2v) is 23.6. The molecule has 77 heavy (non-hydrogen) atoms. The third kappa shape index (κ3) is 57.4. The molecular formula is C67H120N2O7P+. The molecule has 0 radical (unpaired) electrons. The van der Waals surface area contributed by atoms with Crippen molar-refractivity contribution in [2.24, 2.45) is 0 Å². The van der Waals surface area contributed by atoms with Gasteiger partial charge in [-0.05, 0) is 102 Å². The Kier molecular flexibility index (Phi) is 54.0. The van der Waals surface area contributed by atoms with Crippen molar-refractivity contribution in [2.75, 3.05) is 40.9 Å². The van der Waals surface area contributed by atoms with Crippen LogP contribution in [0.3, 0.4) is 0 Å². The van der Waals surface area contributed by atoms with Gasteiger partial charge in [-0.3, -0.25) is 18.6 Å². The molecule has 0 fully saturated rings. The predicted octanol–water partition coefficient (Wildman–Crippen LogP) is 19.6. The molecule has 0 heterocycles. The summed E-state index contributed by atoms with van der Waals surface area (Å²) in [4.78, 5) is 37.7. The summed E-state index contributed by atoms with van der Waals surface area (Å²) in [5.74, 6) is -0.528. The Morgan fingerprint density at radius 1 is 0.468 bits per heavy atom. The maximum atomic E-state index is 13.5. The summed E-state index contributed by atoms with van der Waals surface area (Å²) in [6.45, 7) is 6.84. The van der Waals surface area contributed by atoms with E-state index in [1.54, 1.807) is 0 Å². The zero-order chi connectivity index (χ0) is 56.4. The van der Waals surface area contributed by atoms with Crippen LogP contribution in [0.15, 0.2) is 97.2 Å². The molecule has 3 atom stereocenters. The Balaban J connectivity index is 5.12. The van der Waals surface area contributed by atoms with Crippen LogP contribution in [0, 0.1) is 0 Å². The average molecular weight is 1100 g/mol. The minimum absolute atomic E-state index is 0.0333. The summed E-state index contributed by atoms with van der Waals surface area (Å²) in [6, 6.07) is -0.860. The van der Waals surface area contributed by atoms with Crippen LogP contribution in [-0.2, 0) is 27.9 Å². The Hall–Kier alpha value is -3.07. The molecule has 1 amide bonds. The maximum Gasteiger partial charge on any atom is 0.472 e. The zero-order valence-corrected chi connectivity index (χ0v) is 51.6. The van der Waals surface area contributed by atoms with E-state index in [9.17, 15) is 19.0 Å². The van der Waals surface area contributed by atoms with Crippen molar-refractivity contribution in [1.82, 2.24) is 5.32 Å². The Morgan fingerprint density at radius 3 is 1.30 bits per heavy atom. The monoisotopic (exact) mass is 1100 g/mol. The number of nitrogens with zero attached hydrogens (tertiary/aromatic N) is 1. The third-order valence-corrected chi connectivity index (χ3v) is 14.5. The van der Waals surface area contributed by atoms with Gasteiger partial charge in [-0.25, -0.2) is 4.57 Å². The number of allylic oxidation sites excluding steroid dienone is 15. The van der Waals surface area contributed by atoms with E-state index < -0.39 is 20.0 Å². The largest absolute Gasteiger partial charge is 0.472 e. The second kappa shape index (κ2) is 56.2. The van der Waals surface area contributed by atoms with Crippen molar-refractivity contribution in [2.45, 2.75) is 277 Å². The molecule has 0 aromatic rings. The van der Waals surface area contributed by atoms with Crippen LogP contribution < -0.4 is 5.32 Å². The van der Waals surface area contributed by atoms with E-state index in [2.05, 4.69) is 111 Å². The summed E-state index contributed by atoms with van der Waals surface area (Å²) in [5.41, 5.74) is 0. The highest BCUT2D eigenvalue weighted by atomic mass is 31.2. The smallest absolute Gasteiger partial charge is 0.456 e. The van der Waals surface area contributed by atoms with E-state index in [1.807, 2.05) is 33.3 Å². The Morgan fingerprint density at radius 2 is 0.844 bits per heavy atom. The molecule has 0 aromatic carbocycles. The lowest BCUT2D eigenvalue weighted by molar-refractivity contribution is -0.870. The Bertz CT molecular complexity index is 1640. The summed E-state index contributed by atoms with van der Waals surface area (Å²) in [6.07, 6.45) is 75.5. The van der Waals surface area contributed by atoms with E-state index in [0.29, 0.717) is 17.4 Å². The number of nitrogens with one attached hydrogen (secondary N) is 1. The van der Waals surface area contributed by atoms with Crippen LogP contribution in [0.25, 0.3) is 0 Å². The molecule has 0 aliphatic rings. The number of amides is 1. The molecular weight excluding hydrogens is 976 g/mol. The number of carbonyl (C=O) groups excluding carboxylic acids is 2. The van der Waals surface area contributed by atoms with Crippen LogP contribution in [0.5, 0.6) is 0 Å². The lowest BCUT2D eigenvalue weighted by atomic mass is 10.0. The minimum Gasteiger partial charge on any atom is -0.456 e. The predicted molar refractivity (Wildman–Crippen MR) is 332 cm³/mol. The number of esters is 1. The van der Waals surface area contributed by atoms with Gasteiger partial charge in [-0.2, -0.15) is 0 Å². The highest BCUT2D eigenvalue weighted by Gasteiger charge is 2.30. The van der Waals surface area contributed by atoms with E-state index in [-0.39, 0.29) is 31.5 Å². The van der Waals surface area contributed by atoms with Crippen LogP contribution in [0.4, 0.5) is 0 Å². The first-order chi connectivity index (χ1) is 37.4. The number of ether oxygens (including phenoxy) is 1. The van der Waals surface area contributed by atoms with Crippen molar-refractivity contribution in [1.29, 1.82) is 0 Å². The number of quaternary nitrogens is 1. The van der Waals surface area contributed by atoms with Crippen LogP contribution in [0.2, 0.25) is 0 Å². The second-order valence-electron chi connectivity index (χ2n) is 22.2. The van der Waals surface area contributed by atoms with Gasteiger partial charge in [0.1, 0.15) is 19.3 Å². The normalized spacial score (nSPS) is 14.3. The fourth-order valence-corrected chi connectivity index (χ4v) is 9.37. The number of carbonyl (C=O) groups is 2. The molecule has 0 aromatic heterocycles. The summed E-state index contributed by atoms with van der Waals surface area (Å²) in [5, 5.41) is 3.05.